The van der Waals surface area contributed by atoms with Crippen LogP contribution in [0.25, 0.3) is 11.3 Å². The maximum Gasteiger partial charge on any atom is 0.391 e. The summed E-state index contributed by atoms with van der Waals surface area (Å²) >= 11 is 6.53. The molecule has 1 atom stereocenters. The van der Waals surface area contributed by atoms with Crippen LogP contribution in [-0.2, 0) is 16.4 Å². The van der Waals surface area contributed by atoms with Gasteiger partial charge in [0, 0.05) is 37.7 Å². The fraction of sp³-hybridized carbons (Fsp3) is 0.640. The lowest BCUT2D eigenvalue weighted by molar-refractivity contribution is -0.137. The molecule has 1 saturated carbocycles. The van der Waals surface area contributed by atoms with Gasteiger partial charge in [0.05, 0.1) is 28.0 Å². The van der Waals surface area contributed by atoms with Crippen molar-refractivity contribution in [1.29, 1.82) is 0 Å². The molecule has 0 spiro atoms. The van der Waals surface area contributed by atoms with Gasteiger partial charge in [0.2, 0.25) is 0 Å². The van der Waals surface area contributed by atoms with Gasteiger partial charge in [-0.3, -0.25) is 9.48 Å². The zero-order chi connectivity index (χ0) is 30.5. The molecule has 1 aliphatic carbocycles. The quantitative estimate of drug-likeness (QED) is 0.290. The Morgan fingerprint density at radius 1 is 1.22 bits per heavy atom. The Kier molecular flexibility index (Phi) is 10.8. The van der Waals surface area contributed by atoms with Gasteiger partial charge in [-0.15, -0.1) is 0 Å². The number of pyridine rings is 1. The second-order valence-corrected chi connectivity index (χ2v) is 12.7. The van der Waals surface area contributed by atoms with Gasteiger partial charge in [0.15, 0.2) is 5.69 Å². The van der Waals surface area contributed by atoms with E-state index in [9.17, 15) is 35.2 Å². The Bertz CT molecular complexity index is 1310. The minimum absolute atomic E-state index is 0.0304. The van der Waals surface area contributed by atoms with Crippen LogP contribution >= 0.6 is 11.6 Å². The third-order valence-electron chi connectivity index (χ3n) is 7.02. The molecular formula is C25H33ClF5N5O4S. The van der Waals surface area contributed by atoms with Crippen molar-refractivity contribution in [3.8, 4) is 17.0 Å². The van der Waals surface area contributed by atoms with Gasteiger partial charge in [-0.25, -0.2) is 13.4 Å². The van der Waals surface area contributed by atoms with E-state index in [-0.39, 0.29) is 58.5 Å². The Hall–Kier alpha value is -2.68. The van der Waals surface area contributed by atoms with Crippen molar-refractivity contribution < 1.29 is 39.9 Å². The highest BCUT2D eigenvalue weighted by Crippen LogP contribution is 2.39. The van der Waals surface area contributed by atoms with E-state index < -0.39 is 46.7 Å². The molecule has 0 unspecified atom stereocenters. The molecule has 9 nitrogen and oxygen atoms in total. The summed E-state index contributed by atoms with van der Waals surface area (Å²) in [7, 11) is -3.12. The highest BCUT2D eigenvalue weighted by atomic mass is 35.5. The van der Waals surface area contributed by atoms with Crippen molar-refractivity contribution in [2.24, 2.45) is 5.92 Å². The lowest BCUT2D eigenvalue weighted by Gasteiger charge is -2.27. The van der Waals surface area contributed by atoms with E-state index in [2.05, 4.69) is 25.5 Å². The summed E-state index contributed by atoms with van der Waals surface area (Å²) in [5, 5.41) is 9.07. The number of nitrogens with zero attached hydrogens (tertiary/aromatic N) is 3. The molecule has 3 rings (SSSR count). The fourth-order valence-corrected chi connectivity index (χ4v) is 6.28. The normalized spacial score (nSPS) is 18.8. The van der Waals surface area contributed by atoms with E-state index in [0.717, 1.165) is 12.3 Å². The van der Waals surface area contributed by atoms with Gasteiger partial charge < -0.3 is 15.4 Å². The number of ether oxygens (including phenoxy) is 1. The van der Waals surface area contributed by atoms with Crippen molar-refractivity contribution in [2.45, 2.75) is 83.0 Å². The number of anilines is 1. The van der Waals surface area contributed by atoms with Gasteiger partial charge in [-0.05, 0) is 44.9 Å². The number of sulfone groups is 1. The Balaban J connectivity index is 1.83. The molecule has 230 valence electrons. The molecule has 1 aliphatic rings. The standard InChI is InChI=1S/C25H33ClF5N5O4S/c1-4-15(11-25(29,30)31)34-19-10-18(40-24(27)28)17(13-32-19)22-20(26)21(35-36(22)5-2)23(37)33-12-14-6-8-16(9-7-14)41(3,38)39/h10,13-16,24H,4-9,11-12H2,1-3H3,(H,32,34)(H,33,37)/t14?,15-,16?/m0/s1. The maximum absolute atomic E-state index is 13.3. The number of nitrogens with one attached hydrogen (secondary N) is 2. The Labute approximate surface area is 240 Å². The average Bonchev–Trinajstić information content (AvgIpc) is 3.21. The summed E-state index contributed by atoms with van der Waals surface area (Å²) in [6.07, 6.45) is -0.879. The predicted molar refractivity (Wildman–Crippen MR) is 144 cm³/mol. The molecule has 2 aromatic heterocycles. The molecule has 2 N–H and O–H groups in total. The number of hydrogen-bond acceptors (Lipinski definition) is 7. The van der Waals surface area contributed by atoms with Crippen LogP contribution in [0.5, 0.6) is 5.75 Å². The monoisotopic (exact) mass is 629 g/mol. The number of alkyl halides is 5. The molecule has 41 heavy (non-hydrogen) atoms. The van der Waals surface area contributed by atoms with E-state index in [1.54, 1.807) is 13.8 Å². The number of amides is 1. The van der Waals surface area contributed by atoms with Crippen LogP contribution in [-0.4, -0.2) is 66.0 Å². The highest BCUT2D eigenvalue weighted by Gasteiger charge is 2.32. The fourth-order valence-electron chi connectivity index (χ4n) is 4.83. The van der Waals surface area contributed by atoms with E-state index in [4.69, 9.17) is 11.6 Å². The number of halogens is 6. The zero-order valence-corrected chi connectivity index (χ0v) is 24.3. The van der Waals surface area contributed by atoms with E-state index in [1.165, 1.54) is 10.9 Å². The van der Waals surface area contributed by atoms with Gasteiger partial charge in [-0.2, -0.15) is 27.1 Å². The van der Waals surface area contributed by atoms with Crippen molar-refractivity contribution in [3.63, 3.8) is 0 Å². The molecule has 0 aliphatic heterocycles. The van der Waals surface area contributed by atoms with Crippen LogP contribution in [0.3, 0.4) is 0 Å². The molecule has 16 heteroatoms. The average molecular weight is 630 g/mol. The number of hydrogen-bond donors (Lipinski definition) is 2. The smallest absolute Gasteiger partial charge is 0.391 e. The number of carbonyl (C=O) groups is 1. The summed E-state index contributed by atoms with van der Waals surface area (Å²) < 4.78 is 94.8. The molecule has 0 bridgehead atoms. The maximum atomic E-state index is 13.3. The van der Waals surface area contributed by atoms with Crippen LogP contribution in [0, 0.1) is 5.92 Å². The van der Waals surface area contributed by atoms with Gasteiger partial charge in [0.1, 0.15) is 21.4 Å². The van der Waals surface area contributed by atoms with Crippen LogP contribution < -0.4 is 15.4 Å². The number of aryl methyl sites for hydroxylation is 1. The number of carbonyl (C=O) groups excluding carboxylic acids is 1. The highest BCUT2D eigenvalue weighted by molar-refractivity contribution is 7.91. The summed E-state index contributed by atoms with van der Waals surface area (Å²) in [6.45, 7) is 0.433. The molecule has 2 heterocycles. The van der Waals surface area contributed by atoms with Crippen LogP contribution in [0.4, 0.5) is 27.8 Å². The molecule has 0 saturated heterocycles. The Morgan fingerprint density at radius 3 is 2.41 bits per heavy atom. The first-order chi connectivity index (χ1) is 19.1. The zero-order valence-electron chi connectivity index (χ0n) is 22.8. The summed E-state index contributed by atoms with van der Waals surface area (Å²) in [5.74, 6) is -1.05. The first kappa shape index (κ1) is 32.8. The van der Waals surface area contributed by atoms with Crippen molar-refractivity contribution >= 4 is 33.2 Å². The van der Waals surface area contributed by atoms with Crippen LogP contribution in [0.15, 0.2) is 12.3 Å². The van der Waals surface area contributed by atoms with Crippen molar-refractivity contribution in [3.05, 3.63) is 23.0 Å². The molecule has 0 radical (unpaired) electrons. The van der Waals surface area contributed by atoms with Crippen LogP contribution in [0.2, 0.25) is 5.02 Å². The van der Waals surface area contributed by atoms with Crippen LogP contribution in [0.1, 0.15) is 62.9 Å². The lowest BCUT2D eigenvalue weighted by atomic mass is 9.89. The summed E-state index contributed by atoms with van der Waals surface area (Å²) in [5.41, 5.74) is -0.114. The van der Waals surface area contributed by atoms with Gasteiger partial charge in [0.25, 0.3) is 5.91 Å². The van der Waals surface area contributed by atoms with Crippen molar-refractivity contribution in [1.82, 2.24) is 20.1 Å². The predicted octanol–water partition coefficient (Wildman–Crippen LogP) is 5.70. The van der Waals surface area contributed by atoms with E-state index in [0.29, 0.717) is 25.7 Å². The molecule has 1 fully saturated rings. The lowest BCUT2D eigenvalue weighted by Crippen LogP contribution is -2.34. The van der Waals surface area contributed by atoms with Gasteiger partial charge >= 0.3 is 12.8 Å². The third-order valence-corrected chi connectivity index (χ3v) is 9.06. The second kappa shape index (κ2) is 13.5. The first-order valence-corrected chi connectivity index (χ1v) is 15.5. The number of aromatic nitrogens is 3. The molecular weight excluding hydrogens is 597 g/mol. The molecule has 2 aromatic rings. The van der Waals surface area contributed by atoms with Gasteiger partial charge in [-0.1, -0.05) is 18.5 Å². The molecule has 0 aromatic carbocycles. The van der Waals surface area contributed by atoms with E-state index >= 15 is 0 Å². The topological polar surface area (TPSA) is 115 Å². The van der Waals surface area contributed by atoms with Crippen molar-refractivity contribution in [2.75, 3.05) is 18.1 Å². The minimum atomic E-state index is -4.44. The largest absolute Gasteiger partial charge is 0.434 e. The SMILES string of the molecule is CC[C@@H](CC(F)(F)F)Nc1cc(OC(F)F)c(-c2c(Cl)c(C(=O)NCC3CCC(S(C)(=O)=O)CC3)nn2CC)cn1. The van der Waals surface area contributed by atoms with E-state index in [1.807, 2.05) is 0 Å². The number of rotatable bonds is 12. The third kappa shape index (κ3) is 8.90. The summed E-state index contributed by atoms with van der Waals surface area (Å²) in [6, 6.07) is 0.00502. The summed E-state index contributed by atoms with van der Waals surface area (Å²) in [4.78, 5) is 17.1. The minimum Gasteiger partial charge on any atom is -0.434 e. The molecule has 1 amide bonds. The second-order valence-electron chi connectivity index (χ2n) is 10.0. The first-order valence-electron chi connectivity index (χ1n) is 13.1. The Morgan fingerprint density at radius 2 is 1.88 bits per heavy atom.